The smallest absolute Gasteiger partial charge is 0.308 e. The highest BCUT2D eigenvalue weighted by Crippen LogP contribution is 2.00. The Balaban J connectivity index is 2.46. The zero-order valence-corrected chi connectivity index (χ0v) is 8.51. The summed E-state index contributed by atoms with van der Waals surface area (Å²) < 4.78 is 4.55. The average molecular weight is 200 g/mol. The third-order valence-electron chi connectivity index (χ3n) is 1.57. The fourth-order valence-electron chi connectivity index (χ4n) is 0.935. The minimum absolute atomic E-state index is 0.345. The van der Waals surface area contributed by atoms with E-state index >= 15 is 0 Å². The van der Waals surface area contributed by atoms with Gasteiger partial charge in [-0.25, -0.2) is 0 Å². The van der Waals surface area contributed by atoms with Crippen molar-refractivity contribution >= 4 is 12.0 Å². The molecule has 1 aromatic rings. The highest BCUT2D eigenvalue weighted by atomic mass is 16.5. The summed E-state index contributed by atoms with van der Waals surface area (Å²) >= 11 is 0. The molecule has 0 atom stereocenters. The highest BCUT2D eigenvalue weighted by Gasteiger charge is 1.81. The molecule has 0 aliphatic carbocycles. The van der Waals surface area contributed by atoms with Crippen LogP contribution in [0.5, 0.6) is 0 Å². The summed E-state index contributed by atoms with van der Waals surface area (Å²) in [5.74, 6) is -0.345. The van der Waals surface area contributed by atoms with Crippen LogP contribution in [0.3, 0.4) is 0 Å². The van der Waals surface area contributed by atoms with Crippen molar-refractivity contribution in [2.75, 3.05) is 0 Å². The van der Waals surface area contributed by atoms with Gasteiger partial charge in [0.2, 0.25) is 0 Å². The lowest BCUT2D eigenvalue weighted by Gasteiger charge is -1.87. The maximum atomic E-state index is 10.4. The zero-order chi connectivity index (χ0) is 10.9. The molecule has 0 unspecified atom stereocenters. The van der Waals surface area contributed by atoms with E-state index in [0.717, 1.165) is 5.56 Å². The van der Waals surface area contributed by atoms with Crippen LogP contribution in [0.25, 0.3) is 6.08 Å². The molecule has 0 radical (unpaired) electrons. The second-order valence-electron chi connectivity index (χ2n) is 2.83. The van der Waals surface area contributed by atoms with Crippen molar-refractivity contribution in [1.82, 2.24) is 0 Å². The second-order valence-corrected chi connectivity index (χ2v) is 2.83. The van der Waals surface area contributed by atoms with Gasteiger partial charge in [0, 0.05) is 6.92 Å². The Hall–Kier alpha value is -2.05. The minimum Gasteiger partial charge on any atom is -0.426 e. The predicted molar refractivity (Wildman–Crippen MR) is 59.9 cm³/mol. The third kappa shape index (κ3) is 5.29. The van der Waals surface area contributed by atoms with Crippen LogP contribution < -0.4 is 0 Å². The van der Waals surface area contributed by atoms with E-state index in [1.165, 1.54) is 13.2 Å². The van der Waals surface area contributed by atoms with Crippen LogP contribution in [-0.4, -0.2) is 5.97 Å². The molecular formula is C13H12O2. The first-order chi connectivity index (χ1) is 7.29. The Bertz CT molecular complexity index is 396. The van der Waals surface area contributed by atoms with Crippen LogP contribution in [0.15, 0.2) is 54.5 Å². The summed E-state index contributed by atoms with van der Waals surface area (Å²) in [5.41, 5.74) is 3.82. The van der Waals surface area contributed by atoms with E-state index in [9.17, 15) is 4.79 Å². The number of allylic oxidation sites excluding steroid dienone is 2. The summed E-state index contributed by atoms with van der Waals surface area (Å²) in [5, 5.41) is 0. The van der Waals surface area contributed by atoms with Gasteiger partial charge in [-0.1, -0.05) is 48.2 Å². The van der Waals surface area contributed by atoms with Gasteiger partial charge in [0.25, 0.3) is 0 Å². The normalized spacial score (nSPS) is 9.40. The monoisotopic (exact) mass is 200 g/mol. The van der Waals surface area contributed by atoms with E-state index in [-0.39, 0.29) is 5.97 Å². The zero-order valence-electron chi connectivity index (χ0n) is 8.51. The lowest BCUT2D eigenvalue weighted by molar-refractivity contribution is -0.135. The number of hydrogen-bond acceptors (Lipinski definition) is 2. The molecule has 76 valence electrons. The maximum absolute atomic E-state index is 10.4. The fraction of sp³-hybridized carbons (Fsp3) is 0.0769. The van der Waals surface area contributed by atoms with Crippen LogP contribution in [0.4, 0.5) is 0 Å². The minimum atomic E-state index is -0.345. The number of ether oxygens (including phenoxy) is 1. The van der Waals surface area contributed by atoms with Gasteiger partial charge in [0.1, 0.15) is 6.26 Å². The molecule has 0 aromatic heterocycles. The van der Waals surface area contributed by atoms with Crippen molar-refractivity contribution in [2.24, 2.45) is 0 Å². The first kappa shape index (κ1) is 11.0. The molecule has 0 fully saturated rings. The molecule has 2 heteroatoms. The van der Waals surface area contributed by atoms with Gasteiger partial charge >= 0.3 is 5.97 Å². The molecule has 1 rings (SSSR count). The van der Waals surface area contributed by atoms with Gasteiger partial charge in [-0.3, -0.25) is 4.79 Å². The lowest BCUT2D eigenvalue weighted by Crippen LogP contribution is -1.88. The molecule has 2 nitrogen and oxygen atoms in total. The third-order valence-corrected chi connectivity index (χ3v) is 1.57. The molecule has 0 aliphatic heterocycles. The van der Waals surface area contributed by atoms with Gasteiger partial charge in [-0.15, -0.1) is 0 Å². The number of esters is 1. The van der Waals surface area contributed by atoms with E-state index in [0.29, 0.717) is 0 Å². The largest absolute Gasteiger partial charge is 0.426 e. The second kappa shape index (κ2) is 6.41. The summed E-state index contributed by atoms with van der Waals surface area (Å²) in [6, 6.07) is 9.91. The van der Waals surface area contributed by atoms with Crippen LogP contribution >= 0.6 is 0 Å². The lowest BCUT2D eigenvalue weighted by atomic mass is 10.2. The Labute approximate surface area is 89.2 Å². The fourth-order valence-corrected chi connectivity index (χ4v) is 0.935. The quantitative estimate of drug-likeness (QED) is 0.324. The topological polar surface area (TPSA) is 26.3 Å². The molecule has 0 N–H and O–H groups in total. The van der Waals surface area contributed by atoms with E-state index < -0.39 is 0 Å². The molecule has 0 bridgehead atoms. The van der Waals surface area contributed by atoms with Gasteiger partial charge in [0.05, 0.1) is 0 Å². The van der Waals surface area contributed by atoms with Crippen molar-refractivity contribution in [3.05, 3.63) is 60.0 Å². The van der Waals surface area contributed by atoms with Crippen LogP contribution in [0, 0.1) is 0 Å². The molecule has 0 saturated heterocycles. The Morgan fingerprint density at radius 1 is 1.33 bits per heavy atom. The van der Waals surface area contributed by atoms with Gasteiger partial charge in [-0.05, 0) is 11.6 Å². The summed E-state index contributed by atoms with van der Waals surface area (Å²) in [6.07, 6.45) is 6.68. The highest BCUT2D eigenvalue weighted by molar-refractivity contribution is 5.66. The van der Waals surface area contributed by atoms with E-state index in [4.69, 9.17) is 0 Å². The van der Waals surface area contributed by atoms with Crippen molar-refractivity contribution in [3.8, 4) is 0 Å². The summed E-state index contributed by atoms with van der Waals surface area (Å²) in [7, 11) is 0. The maximum Gasteiger partial charge on any atom is 0.308 e. The van der Waals surface area contributed by atoms with E-state index in [2.05, 4.69) is 10.5 Å². The predicted octanol–water partition coefficient (Wildman–Crippen LogP) is 2.93. The molecule has 0 heterocycles. The van der Waals surface area contributed by atoms with Crippen LogP contribution in [-0.2, 0) is 9.53 Å². The molecule has 0 aliphatic rings. The standard InChI is InChI=1S/C13H12O2/c1-12(14)15-11-7-3-6-10-13-8-4-2-5-9-13/h2-6,8-11H,1H3. The Morgan fingerprint density at radius 3 is 2.73 bits per heavy atom. The van der Waals surface area contributed by atoms with Crippen molar-refractivity contribution < 1.29 is 9.53 Å². The molecule has 0 spiro atoms. The van der Waals surface area contributed by atoms with Gasteiger partial charge in [-0.2, -0.15) is 0 Å². The molecule has 0 saturated carbocycles. The Morgan fingerprint density at radius 2 is 2.07 bits per heavy atom. The van der Waals surface area contributed by atoms with Crippen molar-refractivity contribution in [3.63, 3.8) is 0 Å². The first-order valence-electron chi connectivity index (χ1n) is 4.59. The number of carbonyl (C=O) groups excluding carboxylic acids is 1. The first-order valence-corrected chi connectivity index (χ1v) is 4.59. The molecule has 1 aromatic carbocycles. The number of benzene rings is 1. The van der Waals surface area contributed by atoms with Crippen molar-refractivity contribution in [2.45, 2.75) is 6.92 Å². The van der Waals surface area contributed by atoms with Gasteiger partial charge < -0.3 is 4.74 Å². The van der Waals surface area contributed by atoms with Crippen LogP contribution in [0.2, 0.25) is 0 Å². The Kier molecular flexibility index (Phi) is 4.71. The molecule has 0 amide bonds. The summed E-state index contributed by atoms with van der Waals surface area (Å²) in [4.78, 5) is 10.4. The number of rotatable bonds is 3. The van der Waals surface area contributed by atoms with Crippen molar-refractivity contribution in [1.29, 1.82) is 0 Å². The van der Waals surface area contributed by atoms with Gasteiger partial charge in [0.15, 0.2) is 0 Å². The molecule has 15 heavy (non-hydrogen) atoms. The average Bonchev–Trinajstić information content (AvgIpc) is 2.24. The van der Waals surface area contributed by atoms with E-state index in [1.54, 1.807) is 6.08 Å². The SMILES string of the molecule is CC(=O)OC=C=CC=Cc1ccccc1. The molecular weight excluding hydrogens is 188 g/mol. The number of hydrogen-bond donors (Lipinski definition) is 0. The number of carbonyl (C=O) groups is 1. The summed E-state index contributed by atoms with van der Waals surface area (Å²) in [6.45, 7) is 1.35. The van der Waals surface area contributed by atoms with Crippen LogP contribution in [0.1, 0.15) is 12.5 Å². The van der Waals surface area contributed by atoms with E-state index in [1.807, 2.05) is 42.5 Å².